The van der Waals surface area contributed by atoms with Crippen LogP contribution < -0.4 is 4.74 Å². The summed E-state index contributed by atoms with van der Waals surface area (Å²) < 4.78 is 7.61. The highest BCUT2D eigenvalue weighted by atomic mass is 35.5. The normalized spacial score (nSPS) is 16.8. The van der Waals surface area contributed by atoms with Gasteiger partial charge in [-0.3, -0.25) is 0 Å². The van der Waals surface area contributed by atoms with Gasteiger partial charge < -0.3 is 4.74 Å². The number of aromatic nitrogens is 4. The summed E-state index contributed by atoms with van der Waals surface area (Å²) in [4.78, 5) is 8.18. The van der Waals surface area contributed by atoms with E-state index in [9.17, 15) is 0 Å². The summed E-state index contributed by atoms with van der Waals surface area (Å²) in [6.07, 6.45) is 6.36. The minimum absolute atomic E-state index is 0.263. The summed E-state index contributed by atoms with van der Waals surface area (Å²) in [6.45, 7) is 1.89. The molecule has 2 aromatic heterocycles. The lowest BCUT2D eigenvalue weighted by molar-refractivity contribution is 0.194. The van der Waals surface area contributed by atoms with Crippen LogP contribution in [-0.4, -0.2) is 25.7 Å². The second-order valence-corrected chi connectivity index (χ2v) is 4.69. The van der Waals surface area contributed by atoms with Crippen LogP contribution in [0.2, 0.25) is 5.15 Å². The summed E-state index contributed by atoms with van der Waals surface area (Å²) in [5, 5.41) is 4.55. The van der Waals surface area contributed by atoms with Gasteiger partial charge in [0.15, 0.2) is 0 Å². The van der Waals surface area contributed by atoms with Crippen molar-refractivity contribution in [2.24, 2.45) is 0 Å². The minimum atomic E-state index is 0.263. The third-order valence-corrected chi connectivity index (χ3v) is 3.50. The zero-order valence-corrected chi connectivity index (χ0v) is 10.3. The summed E-state index contributed by atoms with van der Waals surface area (Å²) in [5.41, 5.74) is 0.816. The second kappa shape index (κ2) is 4.14. The maximum atomic E-state index is 6.06. The number of fused-ring (bicyclic) bond motifs is 1. The number of hydrogen-bond acceptors (Lipinski definition) is 4. The lowest BCUT2D eigenvalue weighted by Crippen LogP contribution is -2.15. The van der Waals surface area contributed by atoms with Crippen LogP contribution in [0.5, 0.6) is 5.88 Å². The molecule has 90 valence electrons. The van der Waals surface area contributed by atoms with Crippen molar-refractivity contribution < 1.29 is 4.74 Å². The molecule has 1 fully saturated rings. The first-order valence-electron chi connectivity index (χ1n) is 5.78. The van der Waals surface area contributed by atoms with Crippen LogP contribution in [0, 0.1) is 6.92 Å². The van der Waals surface area contributed by atoms with E-state index in [0.717, 1.165) is 18.4 Å². The zero-order chi connectivity index (χ0) is 11.8. The Morgan fingerprint density at radius 1 is 1.41 bits per heavy atom. The molecule has 17 heavy (non-hydrogen) atoms. The Morgan fingerprint density at radius 2 is 2.18 bits per heavy atom. The highest BCUT2D eigenvalue weighted by Gasteiger charge is 2.21. The highest BCUT2D eigenvalue weighted by molar-refractivity contribution is 6.30. The second-order valence-electron chi connectivity index (χ2n) is 4.33. The summed E-state index contributed by atoms with van der Waals surface area (Å²) in [6, 6.07) is 0. The Hall–Kier alpha value is -1.36. The van der Waals surface area contributed by atoms with Gasteiger partial charge in [0.25, 0.3) is 5.78 Å². The fourth-order valence-electron chi connectivity index (χ4n) is 2.18. The van der Waals surface area contributed by atoms with Crippen LogP contribution in [0.3, 0.4) is 0 Å². The monoisotopic (exact) mass is 252 g/mol. The topological polar surface area (TPSA) is 52.3 Å². The van der Waals surface area contributed by atoms with Crippen LogP contribution >= 0.6 is 11.6 Å². The number of hydrogen-bond donors (Lipinski definition) is 0. The van der Waals surface area contributed by atoms with Crippen LogP contribution in [0.4, 0.5) is 0 Å². The number of ether oxygens (including phenoxy) is 1. The Kier molecular flexibility index (Phi) is 2.63. The summed E-state index contributed by atoms with van der Waals surface area (Å²) in [5.74, 6) is 1.15. The number of rotatable bonds is 2. The predicted octanol–water partition coefficient (Wildman–Crippen LogP) is 2.41. The van der Waals surface area contributed by atoms with Gasteiger partial charge in [0.2, 0.25) is 5.88 Å². The highest BCUT2D eigenvalue weighted by Crippen LogP contribution is 2.29. The molecule has 0 spiro atoms. The van der Waals surface area contributed by atoms with Crippen molar-refractivity contribution in [3.8, 4) is 5.88 Å². The smallest absolute Gasteiger partial charge is 0.256 e. The van der Waals surface area contributed by atoms with Crippen molar-refractivity contribution in [1.82, 2.24) is 19.6 Å². The number of nitrogens with zero attached hydrogens (tertiary/aromatic N) is 4. The van der Waals surface area contributed by atoms with Crippen molar-refractivity contribution in [3.63, 3.8) is 0 Å². The van der Waals surface area contributed by atoms with Gasteiger partial charge in [-0.2, -0.15) is 19.6 Å². The van der Waals surface area contributed by atoms with Crippen molar-refractivity contribution in [2.75, 3.05) is 0 Å². The van der Waals surface area contributed by atoms with Crippen molar-refractivity contribution in [1.29, 1.82) is 0 Å². The molecule has 0 unspecified atom stereocenters. The fourth-order valence-corrected chi connectivity index (χ4v) is 2.33. The molecular formula is C11H13ClN4O. The van der Waals surface area contributed by atoms with Crippen molar-refractivity contribution >= 4 is 17.4 Å². The Labute approximate surface area is 104 Å². The minimum Gasteiger partial charge on any atom is -0.474 e. The van der Waals surface area contributed by atoms with E-state index in [4.69, 9.17) is 16.3 Å². The molecule has 2 heterocycles. The summed E-state index contributed by atoms with van der Waals surface area (Å²) >= 11 is 6.06. The van der Waals surface area contributed by atoms with Crippen LogP contribution in [0.1, 0.15) is 31.2 Å². The van der Waals surface area contributed by atoms with E-state index in [1.165, 1.54) is 19.2 Å². The predicted molar refractivity (Wildman–Crippen MR) is 63.4 cm³/mol. The SMILES string of the molecule is Cc1c(Cl)nc2ncnn2c1OC1CCCC1. The van der Waals surface area contributed by atoms with E-state index in [1.54, 1.807) is 4.52 Å². The summed E-state index contributed by atoms with van der Waals surface area (Å²) in [7, 11) is 0. The van der Waals surface area contributed by atoms with Gasteiger partial charge in [0, 0.05) is 5.56 Å². The molecule has 0 atom stereocenters. The van der Waals surface area contributed by atoms with Crippen molar-refractivity contribution in [3.05, 3.63) is 17.0 Å². The Bertz CT molecular complexity index is 548. The lowest BCUT2D eigenvalue weighted by atomic mass is 10.3. The van der Waals surface area contributed by atoms with Crippen LogP contribution in [0.25, 0.3) is 5.78 Å². The Morgan fingerprint density at radius 3 is 2.94 bits per heavy atom. The van der Waals surface area contributed by atoms with Gasteiger partial charge in [-0.1, -0.05) is 11.6 Å². The average Bonchev–Trinajstić information content (AvgIpc) is 2.94. The maximum Gasteiger partial charge on any atom is 0.256 e. The van der Waals surface area contributed by atoms with E-state index in [2.05, 4.69) is 15.1 Å². The molecule has 6 heteroatoms. The first kappa shape index (κ1) is 10.8. The van der Waals surface area contributed by atoms with Gasteiger partial charge in [-0.25, -0.2) is 0 Å². The Balaban J connectivity index is 2.05. The largest absolute Gasteiger partial charge is 0.474 e. The maximum absolute atomic E-state index is 6.06. The van der Waals surface area contributed by atoms with E-state index < -0.39 is 0 Å². The molecule has 0 saturated heterocycles. The molecule has 1 aliphatic rings. The first-order chi connectivity index (χ1) is 8.25. The average molecular weight is 253 g/mol. The molecule has 0 aromatic carbocycles. The number of halogens is 1. The zero-order valence-electron chi connectivity index (χ0n) is 9.56. The third kappa shape index (κ3) is 1.84. The van der Waals surface area contributed by atoms with Crippen LogP contribution in [0.15, 0.2) is 6.33 Å². The molecule has 0 N–H and O–H groups in total. The van der Waals surface area contributed by atoms with Crippen molar-refractivity contribution in [2.45, 2.75) is 38.7 Å². The third-order valence-electron chi connectivity index (χ3n) is 3.13. The molecule has 1 aliphatic carbocycles. The lowest BCUT2D eigenvalue weighted by Gasteiger charge is -2.15. The molecule has 0 bridgehead atoms. The molecule has 1 saturated carbocycles. The van der Waals surface area contributed by atoms with E-state index in [-0.39, 0.29) is 6.10 Å². The van der Waals surface area contributed by atoms with E-state index in [1.807, 2.05) is 6.92 Å². The molecule has 2 aromatic rings. The molecule has 0 amide bonds. The molecule has 3 rings (SSSR count). The van der Waals surface area contributed by atoms with Gasteiger partial charge in [0.1, 0.15) is 17.6 Å². The molecule has 5 nitrogen and oxygen atoms in total. The van der Waals surface area contributed by atoms with E-state index in [0.29, 0.717) is 16.8 Å². The van der Waals surface area contributed by atoms with Gasteiger partial charge >= 0.3 is 0 Å². The fraction of sp³-hybridized carbons (Fsp3) is 0.545. The van der Waals surface area contributed by atoms with Gasteiger partial charge in [0.05, 0.1) is 0 Å². The quantitative estimate of drug-likeness (QED) is 0.771. The van der Waals surface area contributed by atoms with E-state index >= 15 is 0 Å². The van der Waals surface area contributed by atoms with Gasteiger partial charge in [-0.05, 0) is 32.6 Å². The van der Waals surface area contributed by atoms with Crippen LogP contribution in [-0.2, 0) is 0 Å². The van der Waals surface area contributed by atoms with Gasteiger partial charge in [-0.15, -0.1) is 0 Å². The standard InChI is InChI=1S/C11H13ClN4O/c1-7-9(12)15-11-13-6-14-16(11)10(7)17-8-4-2-3-5-8/h6,8H,2-5H2,1H3. The molecular weight excluding hydrogens is 240 g/mol. The molecule has 0 radical (unpaired) electrons. The first-order valence-corrected chi connectivity index (χ1v) is 6.16. The molecule has 0 aliphatic heterocycles.